The number of aromatic nitrogens is 18. The fourth-order valence-electron chi connectivity index (χ4n) is 18.7. The van der Waals surface area contributed by atoms with Crippen LogP contribution in [0.3, 0.4) is 0 Å². The third-order valence-corrected chi connectivity index (χ3v) is 26.0. The lowest BCUT2D eigenvalue weighted by Gasteiger charge is -2.33. The van der Waals surface area contributed by atoms with Gasteiger partial charge in [0, 0.05) is 148 Å². The van der Waals surface area contributed by atoms with Gasteiger partial charge in [0.25, 0.3) is 29.5 Å². The van der Waals surface area contributed by atoms with Crippen molar-refractivity contribution in [3.63, 3.8) is 0 Å². The van der Waals surface area contributed by atoms with E-state index in [4.69, 9.17) is 45.0 Å². The van der Waals surface area contributed by atoms with Crippen LogP contribution >= 0.6 is 0 Å². The van der Waals surface area contributed by atoms with E-state index in [9.17, 15) is 24.0 Å². The van der Waals surface area contributed by atoms with Crippen LogP contribution in [0.2, 0.25) is 0 Å². The molecule has 5 aliphatic heterocycles. The summed E-state index contributed by atoms with van der Waals surface area (Å²) in [4.78, 5) is 109. The van der Waals surface area contributed by atoms with Gasteiger partial charge in [-0.3, -0.25) is 38.9 Å². The topological polar surface area (TPSA) is 536 Å². The number of para-hydroxylation sites is 9. The van der Waals surface area contributed by atoms with E-state index in [2.05, 4.69) is 122 Å². The van der Waals surface area contributed by atoms with Crippen molar-refractivity contribution in [3.05, 3.63) is 316 Å². The molecule has 4 atom stereocenters. The van der Waals surface area contributed by atoms with Crippen LogP contribution in [0.5, 0.6) is 0 Å². The molecule has 0 unspecified atom stereocenters. The number of carbonyl (C=O) groups is 5. The Kier molecular flexibility index (Phi) is 28.8. The highest BCUT2D eigenvalue weighted by Crippen LogP contribution is 2.36. The summed E-state index contributed by atoms with van der Waals surface area (Å²) in [5, 5.41) is 44.3. The zero-order chi connectivity index (χ0) is 102. The Balaban J connectivity index is 0.000000109. The van der Waals surface area contributed by atoms with E-state index >= 15 is 0 Å². The minimum absolute atomic E-state index is 0.0923. The number of nitrogens with two attached hydrogens (primary N) is 4. The minimum Gasteiger partial charge on any atom is -0.417 e. The van der Waals surface area contributed by atoms with Crippen LogP contribution in [0.1, 0.15) is 104 Å². The Bertz CT molecular complexity index is 7370. The van der Waals surface area contributed by atoms with Gasteiger partial charge in [-0.1, -0.05) is 115 Å². The van der Waals surface area contributed by atoms with Crippen molar-refractivity contribution in [3.8, 4) is 30.1 Å². The van der Waals surface area contributed by atoms with Crippen molar-refractivity contribution in [2.45, 2.75) is 75.5 Å². The molecule has 754 valence electrons. The zero-order valence-corrected chi connectivity index (χ0v) is 80.8. The SMILES string of the molecule is N[C@@H]1CCCN(c2ccccc2NC(=O)c2cnc(-n3ncc4ccccc43)o2)C1.N[C@@H]1CCCN(c2ccncc2NC(=O)c2cnc(-n3ncc4ccccc43)o2)C1.N[C@H]1CCCN(c2ccccc2NC(=O)c2cnc(-n3ncc4ccccc43)o2)C1.N[C@H]1CCCN(c2ccncc2NC(=O)c2cnc(-n3ncc4ccccc43)o2)C1.O=C(Nc1cnccc1N1CCNCC1)c1cnc(-n2ncc3ccccc32)o1. The van der Waals surface area contributed by atoms with Gasteiger partial charge in [-0.2, -0.15) is 73.8 Å². The van der Waals surface area contributed by atoms with Crippen LogP contribution in [0.25, 0.3) is 84.6 Å². The Labute approximate surface area is 850 Å². The number of pyridine rings is 3. The third-order valence-electron chi connectivity index (χ3n) is 26.0. The third kappa shape index (κ3) is 22.0. The number of fused-ring (bicyclic) bond motifs is 5. The summed E-state index contributed by atoms with van der Waals surface area (Å²) >= 11 is 0. The van der Waals surface area contributed by atoms with Gasteiger partial charge in [-0.15, -0.1) is 0 Å². The molecule has 0 spiro atoms. The monoisotopic (exact) mass is 2000 g/mol. The number of piperidine rings is 4. The first-order valence-corrected chi connectivity index (χ1v) is 49.0. The number of hydrogen-bond donors (Lipinski definition) is 10. The summed E-state index contributed by atoms with van der Waals surface area (Å²) in [5.74, 6) is -1.38. The number of piperazine rings is 1. The molecule has 0 bridgehead atoms. The van der Waals surface area contributed by atoms with Crippen LogP contribution < -0.4 is 79.3 Å². The molecule has 14 N–H and O–H groups in total. The highest BCUT2D eigenvalue weighted by Gasteiger charge is 2.31. The fourth-order valence-corrected chi connectivity index (χ4v) is 18.7. The molecule has 5 saturated heterocycles. The van der Waals surface area contributed by atoms with Crippen LogP contribution in [-0.4, -0.2) is 221 Å². The van der Waals surface area contributed by atoms with Gasteiger partial charge in [-0.05, 0) is 124 Å². The second-order valence-electron chi connectivity index (χ2n) is 36.2. The summed E-state index contributed by atoms with van der Waals surface area (Å²) in [7, 11) is 0. The van der Waals surface area contributed by atoms with Crippen molar-refractivity contribution in [2.24, 2.45) is 22.9 Å². The van der Waals surface area contributed by atoms with Crippen LogP contribution in [0.4, 0.5) is 56.9 Å². The first kappa shape index (κ1) is 96.7. The quantitative estimate of drug-likeness (QED) is 0.0339. The summed E-state index contributed by atoms with van der Waals surface area (Å²) in [5.41, 5.74) is 36.7. The first-order chi connectivity index (χ1) is 73.0. The van der Waals surface area contributed by atoms with Crippen molar-refractivity contribution in [1.29, 1.82) is 0 Å². The van der Waals surface area contributed by atoms with Gasteiger partial charge in [0.15, 0.2) is 0 Å². The number of anilines is 10. The molecule has 149 heavy (non-hydrogen) atoms. The minimum atomic E-state index is -0.402. The van der Waals surface area contributed by atoms with Crippen molar-refractivity contribution in [2.75, 3.05) is 130 Å². The predicted octanol–water partition coefficient (Wildman–Crippen LogP) is 13.6. The molecule has 43 heteroatoms. The number of nitrogens with zero attached hydrogens (tertiary/aromatic N) is 23. The number of carbonyl (C=O) groups excluding carboxylic acids is 5. The van der Waals surface area contributed by atoms with Crippen molar-refractivity contribution >= 4 is 141 Å². The van der Waals surface area contributed by atoms with Gasteiger partial charge < -0.3 is 101 Å². The second kappa shape index (κ2) is 44.4. The van der Waals surface area contributed by atoms with Gasteiger partial charge >= 0.3 is 30.1 Å². The number of hydrogen-bond acceptors (Lipinski definition) is 33. The lowest BCUT2D eigenvalue weighted by molar-refractivity contribution is 0.0989. The van der Waals surface area contributed by atoms with Crippen LogP contribution in [0.15, 0.2) is 309 Å². The first-order valence-electron chi connectivity index (χ1n) is 49.0. The Morgan fingerprint density at radius 1 is 0.262 bits per heavy atom. The standard InChI is InChI=1S/2C22H22N6O2.2C21H21N7O2.C20H19N7O2/c2*23-16-7-5-11-27(14-16)19-10-4-2-8-17(19)26-21(29)20-13-24-22(30-20)28-18-9-3-1-6-15(18)12-25-28;2*22-15-5-3-9-27(13-15)18-7-8-23-11-16(18)26-20(29)19-12-24-21(30-19)28-17-6-2-1-4-14(17)10-25-28;28-19(25-15-12-22-6-5-17(15)26-9-7-21-8-10-26)18-13-23-20(29-18)27-16-4-2-1-3-14(16)11-24-27/h2*1-4,6,8-10,12-13,16H,5,7,11,14,23H2,(H,26,29);2*1-2,4,6-8,10-12,15H,3,5,9,13,22H2,(H,26,29);1-6,11-13,21H,7-10H2,(H,25,28)/t2*16-;2*15-;/m1010./s1. The molecule has 5 aliphatic rings. The molecule has 0 aliphatic carbocycles. The number of nitrogens with one attached hydrogen (secondary N) is 6. The average molecular weight is 2000 g/mol. The number of rotatable bonds is 20. The molecule has 7 aromatic carbocycles. The lowest BCUT2D eigenvalue weighted by atomic mass is 10.1. The molecule has 18 heterocycles. The highest BCUT2D eigenvalue weighted by molar-refractivity contribution is 6.07. The normalized spacial score (nSPS) is 16.2. The van der Waals surface area contributed by atoms with Crippen molar-refractivity contribution < 1.29 is 46.1 Å². The van der Waals surface area contributed by atoms with Crippen LogP contribution in [0, 0.1) is 0 Å². The number of oxazole rings is 5. The molecule has 0 radical (unpaired) electrons. The maximum Gasteiger partial charge on any atom is 0.324 e. The summed E-state index contributed by atoms with van der Waals surface area (Å²) in [6.07, 6.45) is 33.9. The molecule has 13 aromatic heterocycles. The smallest absolute Gasteiger partial charge is 0.324 e. The molecule has 25 rings (SSSR count). The van der Waals surface area contributed by atoms with Gasteiger partial charge in [-0.25, -0.2) is 0 Å². The van der Waals surface area contributed by atoms with E-state index in [0.29, 0.717) is 17.1 Å². The van der Waals surface area contributed by atoms with Crippen LogP contribution in [-0.2, 0) is 0 Å². The van der Waals surface area contributed by atoms with Gasteiger partial charge in [0.2, 0.25) is 28.8 Å². The van der Waals surface area contributed by atoms with E-state index < -0.39 is 11.8 Å². The van der Waals surface area contributed by atoms with E-state index in [1.807, 2.05) is 188 Å². The Morgan fingerprint density at radius 3 is 0.752 bits per heavy atom. The van der Waals surface area contributed by atoms with Gasteiger partial charge in [0.1, 0.15) is 0 Å². The summed E-state index contributed by atoms with van der Waals surface area (Å²) in [6.45, 7) is 10.2. The molecule has 5 fully saturated rings. The number of amides is 5. The van der Waals surface area contributed by atoms with E-state index in [1.54, 1.807) is 91.6 Å². The largest absolute Gasteiger partial charge is 0.417 e. The molecule has 43 nitrogen and oxygen atoms in total. The zero-order valence-electron chi connectivity index (χ0n) is 80.8. The molecule has 0 saturated carbocycles. The molecule has 5 amide bonds. The summed E-state index contributed by atoms with van der Waals surface area (Å²) in [6, 6.07) is 61.5. The van der Waals surface area contributed by atoms with E-state index in [1.165, 1.54) is 31.0 Å². The number of benzene rings is 7. The molecular weight excluding hydrogens is 1900 g/mol. The Hall–Kier alpha value is -18.5. The Morgan fingerprint density at radius 2 is 0.490 bits per heavy atom. The highest BCUT2D eigenvalue weighted by atomic mass is 16.4. The van der Waals surface area contributed by atoms with Gasteiger partial charge in [0.05, 0.1) is 165 Å². The molecular formula is C106H105N33O10. The average Bonchev–Trinajstić information content (AvgIpc) is 1.65. The fraction of sp³-hybridized carbons (Fsp3) is 0.226. The second-order valence-corrected chi connectivity index (χ2v) is 36.2. The lowest BCUT2D eigenvalue weighted by Crippen LogP contribution is -2.43. The predicted molar refractivity (Wildman–Crippen MR) is 564 cm³/mol. The summed E-state index contributed by atoms with van der Waals surface area (Å²) < 4.78 is 36.4. The maximum absolute atomic E-state index is 12.8. The van der Waals surface area contributed by atoms with E-state index in [0.717, 1.165) is 224 Å². The van der Waals surface area contributed by atoms with E-state index in [-0.39, 0.29) is 101 Å². The maximum atomic E-state index is 12.8. The van der Waals surface area contributed by atoms with Crippen molar-refractivity contribution in [1.82, 2.24) is 94.1 Å². The molecule has 20 aromatic rings.